The summed E-state index contributed by atoms with van der Waals surface area (Å²) in [5.41, 5.74) is 1.33. The Labute approximate surface area is 160 Å². The first-order valence-corrected chi connectivity index (χ1v) is 8.32. The molecular formula is C17H23N3O8. The van der Waals surface area contributed by atoms with Gasteiger partial charge in [0.1, 0.15) is 6.04 Å². The van der Waals surface area contributed by atoms with Gasteiger partial charge in [-0.3, -0.25) is 14.5 Å². The number of carbonyl (C=O) groups is 4. The Morgan fingerprint density at radius 3 is 2.00 bits per heavy atom. The SMILES string of the molecule is C[C@H](Nc1ccc(NCCN(CC(=O)O)CC(=O)O)cc1)C(=O)OCC(=O)O. The van der Waals surface area contributed by atoms with Crippen molar-refractivity contribution in [2.45, 2.75) is 13.0 Å². The molecule has 1 rings (SSSR count). The summed E-state index contributed by atoms with van der Waals surface area (Å²) < 4.78 is 4.59. The summed E-state index contributed by atoms with van der Waals surface area (Å²) in [4.78, 5) is 44.8. The van der Waals surface area contributed by atoms with Gasteiger partial charge in [-0.1, -0.05) is 0 Å². The van der Waals surface area contributed by atoms with Crippen LogP contribution in [0.2, 0.25) is 0 Å². The van der Waals surface area contributed by atoms with E-state index in [4.69, 9.17) is 15.3 Å². The van der Waals surface area contributed by atoms with Crippen LogP contribution in [0.25, 0.3) is 0 Å². The van der Waals surface area contributed by atoms with E-state index >= 15 is 0 Å². The molecule has 28 heavy (non-hydrogen) atoms. The average Bonchev–Trinajstić information content (AvgIpc) is 2.59. The van der Waals surface area contributed by atoms with Crippen molar-refractivity contribution in [3.8, 4) is 0 Å². The fraction of sp³-hybridized carbons (Fsp3) is 0.412. The van der Waals surface area contributed by atoms with Crippen molar-refractivity contribution in [1.82, 2.24) is 4.90 Å². The molecule has 0 radical (unpaired) electrons. The number of benzene rings is 1. The summed E-state index contributed by atoms with van der Waals surface area (Å²) in [5, 5.41) is 32.0. The molecule has 11 heteroatoms. The molecule has 1 aromatic carbocycles. The van der Waals surface area contributed by atoms with Gasteiger partial charge in [-0.15, -0.1) is 0 Å². The van der Waals surface area contributed by atoms with Crippen LogP contribution in [-0.4, -0.2) is 82.9 Å². The molecule has 0 unspecified atom stereocenters. The Balaban J connectivity index is 2.47. The fourth-order valence-electron chi connectivity index (χ4n) is 2.21. The average molecular weight is 397 g/mol. The molecule has 0 aliphatic rings. The first-order valence-electron chi connectivity index (χ1n) is 8.32. The van der Waals surface area contributed by atoms with Crippen LogP contribution in [0.1, 0.15) is 6.92 Å². The Hall–Kier alpha value is -3.34. The van der Waals surface area contributed by atoms with E-state index in [9.17, 15) is 19.2 Å². The van der Waals surface area contributed by atoms with Gasteiger partial charge in [0.15, 0.2) is 6.61 Å². The maximum Gasteiger partial charge on any atom is 0.341 e. The van der Waals surface area contributed by atoms with Gasteiger partial charge in [0.25, 0.3) is 0 Å². The summed E-state index contributed by atoms with van der Waals surface area (Å²) in [6.07, 6.45) is 0. The first kappa shape index (κ1) is 22.7. The lowest BCUT2D eigenvalue weighted by atomic mass is 10.2. The van der Waals surface area contributed by atoms with Crippen LogP contribution in [-0.2, 0) is 23.9 Å². The van der Waals surface area contributed by atoms with Gasteiger partial charge in [0, 0.05) is 24.5 Å². The van der Waals surface area contributed by atoms with Crippen molar-refractivity contribution in [2.75, 3.05) is 43.4 Å². The number of hydrogen-bond donors (Lipinski definition) is 5. The second-order valence-electron chi connectivity index (χ2n) is 5.87. The number of carboxylic acids is 3. The summed E-state index contributed by atoms with van der Waals surface area (Å²) in [5.74, 6) is -4.14. The van der Waals surface area contributed by atoms with E-state index in [1.807, 2.05) is 0 Å². The lowest BCUT2D eigenvalue weighted by Crippen LogP contribution is -2.37. The standard InChI is InChI=1S/C17H23N3O8/c1-11(17(27)28-10-16(25)26)19-13-4-2-12(3-5-13)18-6-7-20(8-14(21)22)9-15(23)24/h2-5,11,18-19H,6-10H2,1H3,(H,21,22)(H,23,24)(H,25,26)/t11-/m0/s1. The molecule has 0 heterocycles. The van der Waals surface area contributed by atoms with E-state index < -0.39 is 36.5 Å². The topological polar surface area (TPSA) is 165 Å². The lowest BCUT2D eigenvalue weighted by molar-refractivity contribution is -0.155. The van der Waals surface area contributed by atoms with Crippen LogP contribution >= 0.6 is 0 Å². The zero-order chi connectivity index (χ0) is 21.1. The van der Waals surface area contributed by atoms with Gasteiger partial charge >= 0.3 is 23.9 Å². The minimum absolute atomic E-state index is 0.227. The van der Waals surface area contributed by atoms with Crippen LogP contribution in [0.3, 0.4) is 0 Å². The molecule has 154 valence electrons. The number of esters is 1. The monoisotopic (exact) mass is 397 g/mol. The van der Waals surface area contributed by atoms with Crippen LogP contribution in [0.15, 0.2) is 24.3 Å². The van der Waals surface area contributed by atoms with E-state index in [1.54, 1.807) is 24.3 Å². The minimum atomic E-state index is -1.23. The molecule has 0 bridgehead atoms. The molecule has 0 saturated heterocycles. The number of nitrogens with zero attached hydrogens (tertiary/aromatic N) is 1. The van der Waals surface area contributed by atoms with Crippen molar-refractivity contribution in [1.29, 1.82) is 0 Å². The van der Waals surface area contributed by atoms with Gasteiger partial charge in [-0.2, -0.15) is 0 Å². The second-order valence-corrected chi connectivity index (χ2v) is 5.87. The zero-order valence-electron chi connectivity index (χ0n) is 15.3. The number of carboxylic acid groups (broad SMARTS) is 3. The number of anilines is 2. The normalized spacial score (nSPS) is 11.5. The van der Waals surface area contributed by atoms with Gasteiger partial charge in [-0.05, 0) is 31.2 Å². The number of rotatable bonds is 13. The van der Waals surface area contributed by atoms with E-state index in [0.29, 0.717) is 12.2 Å². The van der Waals surface area contributed by atoms with Gasteiger partial charge < -0.3 is 30.7 Å². The second kappa shape index (κ2) is 11.4. The summed E-state index contributed by atoms with van der Waals surface area (Å²) >= 11 is 0. The molecule has 1 atom stereocenters. The molecule has 0 aliphatic heterocycles. The van der Waals surface area contributed by atoms with Crippen LogP contribution < -0.4 is 10.6 Å². The Bertz CT molecular complexity index is 676. The smallest absolute Gasteiger partial charge is 0.341 e. The number of ether oxygens (including phenoxy) is 1. The van der Waals surface area contributed by atoms with Crippen LogP contribution in [0.4, 0.5) is 11.4 Å². The molecule has 0 aliphatic carbocycles. The highest BCUT2D eigenvalue weighted by molar-refractivity contribution is 5.81. The Morgan fingerprint density at radius 2 is 1.50 bits per heavy atom. The highest BCUT2D eigenvalue weighted by Crippen LogP contribution is 2.14. The van der Waals surface area contributed by atoms with E-state index in [-0.39, 0.29) is 19.6 Å². The highest BCUT2D eigenvalue weighted by atomic mass is 16.6. The molecule has 0 fully saturated rings. The van der Waals surface area contributed by atoms with E-state index in [0.717, 1.165) is 5.69 Å². The third kappa shape index (κ3) is 9.38. The largest absolute Gasteiger partial charge is 0.480 e. The van der Waals surface area contributed by atoms with Crippen LogP contribution in [0.5, 0.6) is 0 Å². The predicted molar refractivity (Wildman–Crippen MR) is 98.3 cm³/mol. The molecule has 0 aromatic heterocycles. The molecule has 5 N–H and O–H groups in total. The molecule has 1 aromatic rings. The lowest BCUT2D eigenvalue weighted by Gasteiger charge is -2.18. The molecule has 0 saturated carbocycles. The molecule has 0 amide bonds. The number of carbonyl (C=O) groups excluding carboxylic acids is 1. The minimum Gasteiger partial charge on any atom is -0.480 e. The molecule has 0 spiro atoms. The summed E-state index contributed by atoms with van der Waals surface area (Å²) in [6, 6.07) is 6.08. The molecular weight excluding hydrogens is 374 g/mol. The number of hydrogen-bond acceptors (Lipinski definition) is 8. The number of aliphatic carboxylic acids is 3. The fourth-order valence-corrected chi connectivity index (χ4v) is 2.21. The zero-order valence-corrected chi connectivity index (χ0v) is 15.3. The first-order chi connectivity index (χ1) is 13.2. The Kier molecular flexibility index (Phi) is 9.23. The van der Waals surface area contributed by atoms with Crippen molar-refractivity contribution in [3.63, 3.8) is 0 Å². The Morgan fingerprint density at radius 1 is 0.964 bits per heavy atom. The van der Waals surface area contributed by atoms with Gasteiger partial charge in [0.05, 0.1) is 13.1 Å². The van der Waals surface area contributed by atoms with Gasteiger partial charge in [0.2, 0.25) is 0 Å². The van der Waals surface area contributed by atoms with E-state index in [2.05, 4.69) is 15.4 Å². The maximum atomic E-state index is 11.6. The van der Waals surface area contributed by atoms with Crippen molar-refractivity contribution in [2.24, 2.45) is 0 Å². The van der Waals surface area contributed by atoms with Crippen molar-refractivity contribution >= 4 is 35.3 Å². The van der Waals surface area contributed by atoms with Crippen molar-refractivity contribution in [3.05, 3.63) is 24.3 Å². The van der Waals surface area contributed by atoms with Gasteiger partial charge in [-0.25, -0.2) is 9.59 Å². The van der Waals surface area contributed by atoms with Crippen LogP contribution in [0, 0.1) is 0 Å². The quantitative estimate of drug-likeness (QED) is 0.284. The van der Waals surface area contributed by atoms with E-state index in [1.165, 1.54) is 11.8 Å². The van der Waals surface area contributed by atoms with Crippen molar-refractivity contribution < 1.29 is 39.2 Å². The maximum absolute atomic E-state index is 11.6. The highest BCUT2D eigenvalue weighted by Gasteiger charge is 2.15. The molecule has 11 nitrogen and oxygen atoms in total. The third-order valence-corrected chi connectivity index (χ3v) is 3.43. The predicted octanol–water partition coefficient (Wildman–Crippen LogP) is -0.00210. The summed E-state index contributed by atoms with van der Waals surface area (Å²) in [7, 11) is 0. The third-order valence-electron chi connectivity index (χ3n) is 3.43. The number of nitrogens with one attached hydrogen (secondary N) is 2. The summed E-state index contributed by atoms with van der Waals surface area (Å²) in [6.45, 7) is 0.667.